The quantitative estimate of drug-likeness (QED) is 0.773. The molecule has 1 aromatic carbocycles. The minimum atomic E-state index is -0.0184. The molecule has 1 aliphatic rings. The Morgan fingerprint density at radius 1 is 1.50 bits per heavy atom. The molecule has 0 N–H and O–H groups in total. The average molecular weight is 221 g/mol. The Balaban J connectivity index is 2.31. The van der Waals surface area contributed by atoms with Gasteiger partial charge in [0.25, 0.3) is 5.91 Å². The molecule has 2 rings (SSSR count). The first-order chi connectivity index (χ1) is 7.72. The zero-order chi connectivity index (χ0) is 11.5. The first kappa shape index (κ1) is 11.0. The van der Waals surface area contributed by atoms with Crippen LogP contribution in [0.3, 0.4) is 0 Å². The molecule has 4 nitrogen and oxygen atoms in total. The molecular weight excluding hydrogens is 206 g/mol. The lowest BCUT2D eigenvalue weighted by atomic mass is 10.1. The number of nitrogens with zero attached hydrogens (tertiary/aromatic N) is 1. The van der Waals surface area contributed by atoms with Crippen LogP contribution in [0.5, 0.6) is 5.75 Å². The van der Waals surface area contributed by atoms with Crippen LogP contribution < -0.4 is 9.64 Å². The maximum Gasteiger partial charge on any atom is 0.265 e. The van der Waals surface area contributed by atoms with Crippen LogP contribution in [0.4, 0.5) is 5.69 Å². The summed E-state index contributed by atoms with van der Waals surface area (Å²) in [5.74, 6) is 0.747. The lowest BCUT2D eigenvalue weighted by Gasteiger charge is -2.29. The van der Waals surface area contributed by atoms with Crippen molar-refractivity contribution in [2.75, 3.05) is 31.8 Å². The summed E-state index contributed by atoms with van der Waals surface area (Å²) in [5.41, 5.74) is 1.95. The lowest BCUT2D eigenvalue weighted by molar-refractivity contribution is -0.121. The van der Waals surface area contributed by atoms with E-state index in [4.69, 9.17) is 9.47 Å². The van der Waals surface area contributed by atoms with Gasteiger partial charge in [-0.25, -0.2) is 0 Å². The predicted octanol–water partition coefficient (Wildman–Crippen LogP) is 1.37. The summed E-state index contributed by atoms with van der Waals surface area (Å²) in [6.07, 6.45) is 0. The van der Waals surface area contributed by atoms with E-state index in [9.17, 15) is 4.79 Å². The number of aryl methyl sites for hydroxylation is 1. The van der Waals surface area contributed by atoms with Crippen molar-refractivity contribution in [3.63, 3.8) is 0 Å². The fraction of sp³-hybridized carbons (Fsp3) is 0.417. The molecule has 4 heteroatoms. The van der Waals surface area contributed by atoms with Crippen molar-refractivity contribution in [2.24, 2.45) is 0 Å². The van der Waals surface area contributed by atoms with E-state index in [2.05, 4.69) is 0 Å². The minimum Gasteiger partial charge on any atom is -0.482 e. The third kappa shape index (κ3) is 2.02. The van der Waals surface area contributed by atoms with Crippen molar-refractivity contribution in [2.45, 2.75) is 6.92 Å². The van der Waals surface area contributed by atoms with Crippen molar-refractivity contribution in [3.8, 4) is 5.75 Å². The Morgan fingerprint density at radius 2 is 2.31 bits per heavy atom. The molecule has 1 amide bonds. The molecule has 0 saturated heterocycles. The van der Waals surface area contributed by atoms with Crippen molar-refractivity contribution < 1.29 is 14.3 Å². The first-order valence-electron chi connectivity index (χ1n) is 5.25. The molecule has 0 fully saturated rings. The Morgan fingerprint density at radius 3 is 3.06 bits per heavy atom. The highest BCUT2D eigenvalue weighted by molar-refractivity contribution is 5.97. The maximum absolute atomic E-state index is 11.7. The van der Waals surface area contributed by atoms with Crippen LogP contribution in [0.25, 0.3) is 0 Å². The summed E-state index contributed by atoms with van der Waals surface area (Å²) in [4.78, 5) is 13.4. The number of hydrogen-bond donors (Lipinski definition) is 0. The molecule has 0 bridgehead atoms. The van der Waals surface area contributed by atoms with Crippen LogP contribution >= 0.6 is 0 Å². The van der Waals surface area contributed by atoms with Gasteiger partial charge in [-0.05, 0) is 24.6 Å². The van der Waals surface area contributed by atoms with Crippen molar-refractivity contribution >= 4 is 11.6 Å². The van der Waals surface area contributed by atoms with Crippen LogP contribution in [0.1, 0.15) is 5.56 Å². The van der Waals surface area contributed by atoms with Crippen molar-refractivity contribution in [1.29, 1.82) is 0 Å². The molecular formula is C12H15NO3. The summed E-state index contributed by atoms with van der Waals surface area (Å²) < 4.78 is 10.4. The van der Waals surface area contributed by atoms with Gasteiger partial charge in [-0.15, -0.1) is 0 Å². The summed E-state index contributed by atoms with van der Waals surface area (Å²) in [6.45, 7) is 3.20. The molecule has 1 heterocycles. The second-order valence-electron chi connectivity index (χ2n) is 3.80. The van der Waals surface area contributed by atoms with Crippen LogP contribution in [0, 0.1) is 6.92 Å². The van der Waals surface area contributed by atoms with Gasteiger partial charge in [-0.2, -0.15) is 0 Å². The molecule has 16 heavy (non-hydrogen) atoms. The van der Waals surface area contributed by atoms with E-state index in [1.165, 1.54) is 0 Å². The molecule has 1 aliphatic heterocycles. The molecule has 0 aromatic heterocycles. The number of rotatable bonds is 3. The first-order valence-corrected chi connectivity index (χ1v) is 5.25. The van der Waals surface area contributed by atoms with E-state index >= 15 is 0 Å². The van der Waals surface area contributed by atoms with E-state index in [-0.39, 0.29) is 12.5 Å². The van der Waals surface area contributed by atoms with Gasteiger partial charge in [0, 0.05) is 13.7 Å². The molecule has 0 unspecified atom stereocenters. The number of carbonyl (C=O) groups is 1. The van der Waals surface area contributed by atoms with Gasteiger partial charge in [-0.3, -0.25) is 4.79 Å². The zero-order valence-corrected chi connectivity index (χ0v) is 9.53. The van der Waals surface area contributed by atoms with Gasteiger partial charge in [0.1, 0.15) is 5.75 Å². The van der Waals surface area contributed by atoms with Gasteiger partial charge < -0.3 is 14.4 Å². The Hall–Kier alpha value is -1.55. The van der Waals surface area contributed by atoms with Crippen LogP contribution in [-0.2, 0) is 9.53 Å². The number of hydrogen-bond acceptors (Lipinski definition) is 3. The Kier molecular flexibility index (Phi) is 3.10. The molecule has 86 valence electrons. The zero-order valence-electron chi connectivity index (χ0n) is 9.53. The molecule has 0 radical (unpaired) electrons. The van der Waals surface area contributed by atoms with Crippen LogP contribution in [0.15, 0.2) is 18.2 Å². The number of amides is 1. The molecule has 0 atom stereocenters. The highest BCUT2D eigenvalue weighted by Crippen LogP contribution is 2.32. The fourth-order valence-electron chi connectivity index (χ4n) is 1.74. The number of ether oxygens (including phenoxy) is 2. The molecule has 0 aliphatic carbocycles. The van der Waals surface area contributed by atoms with Crippen LogP contribution in [0.2, 0.25) is 0 Å². The van der Waals surface area contributed by atoms with Gasteiger partial charge in [0.15, 0.2) is 6.61 Å². The maximum atomic E-state index is 11.7. The van der Waals surface area contributed by atoms with Crippen molar-refractivity contribution in [1.82, 2.24) is 0 Å². The van der Waals surface area contributed by atoms with E-state index in [0.29, 0.717) is 13.2 Å². The average Bonchev–Trinajstić information content (AvgIpc) is 2.28. The molecule has 0 spiro atoms. The molecule has 1 aromatic rings. The highest BCUT2D eigenvalue weighted by atomic mass is 16.5. The SMILES string of the molecule is COCCN1C(=O)COc2ccc(C)cc21. The molecule has 0 saturated carbocycles. The number of benzene rings is 1. The number of methoxy groups -OCH3 is 1. The fourth-order valence-corrected chi connectivity index (χ4v) is 1.74. The number of anilines is 1. The van der Waals surface area contributed by atoms with Gasteiger partial charge >= 0.3 is 0 Å². The van der Waals surface area contributed by atoms with Gasteiger partial charge in [0.2, 0.25) is 0 Å². The predicted molar refractivity (Wildman–Crippen MR) is 60.9 cm³/mol. The van der Waals surface area contributed by atoms with Crippen LogP contribution in [-0.4, -0.2) is 32.8 Å². The summed E-state index contributed by atoms with van der Waals surface area (Å²) >= 11 is 0. The third-order valence-electron chi connectivity index (χ3n) is 2.58. The van der Waals surface area contributed by atoms with Crippen molar-refractivity contribution in [3.05, 3.63) is 23.8 Å². The Bertz CT molecular complexity index is 403. The monoisotopic (exact) mass is 221 g/mol. The minimum absolute atomic E-state index is 0.0184. The number of fused-ring (bicyclic) bond motifs is 1. The summed E-state index contributed by atoms with van der Waals surface area (Å²) in [7, 11) is 1.63. The smallest absolute Gasteiger partial charge is 0.265 e. The standard InChI is InChI=1S/C12H15NO3/c1-9-3-4-11-10(7-9)13(5-6-15-2)12(14)8-16-11/h3-4,7H,5-6,8H2,1-2H3. The third-order valence-corrected chi connectivity index (χ3v) is 2.58. The normalized spacial score (nSPS) is 14.6. The van der Waals surface area contributed by atoms with E-state index < -0.39 is 0 Å². The van der Waals surface area contributed by atoms with Gasteiger partial charge in [0.05, 0.1) is 12.3 Å². The second kappa shape index (κ2) is 4.53. The van der Waals surface area contributed by atoms with Gasteiger partial charge in [-0.1, -0.05) is 6.07 Å². The summed E-state index contributed by atoms with van der Waals surface area (Å²) in [6, 6.07) is 5.84. The Labute approximate surface area is 94.8 Å². The topological polar surface area (TPSA) is 38.8 Å². The van der Waals surface area contributed by atoms with E-state index in [0.717, 1.165) is 17.0 Å². The lowest BCUT2D eigenvalue weighted by Crippen LogP contribution is -2.40. The number of carbonyl (C=O) groups excluding carboxylic acids is 1. The highest BCUT2D eigenvalue weighted by Gasteiger charge is 2.24. The second-order valence-corrected chi connectivity index (χ2v) is 3.80. The van der Waals surface area contributed by atoms with E-state index in [1.54, 1.807) is 12.0 Å². The largest absolute Gasteiger partial charge is 0.482 e. The van der Waals surface area contributed by atoms with E-state index in [1.807, 2.05) is 25.1 Å². The summed E-state index contributed by atoms with van der Waals surface area (Å²) in [5, 5.41) is 0.